The van der Waals surface area contributed by atoms with E-state index in [0.29, 0.717) is 13.0 Å². The summed E-state index contributed by atoms with van der Waals surface area (Å²) in [4.78, 5) is 16.2. The predicted octanol–water partition coefficient (Wildman–Crippen LogP) is 3.69. The molecule has 1 N–H and O–H groups in total. The van der Waals surface area contributed by atoms with E-state index in [1.807, 2.05) is 32.0 Å². The summed E-state index contributed by atoms with van der Waals surface area (Å²) in [7, 11) is 0. The maximum atomic E-state index is 12.7. The lowest BCUT2D eigenvalue weighted by Crippen LogP contribution is -2.46. The van der Waals surface area contributed by atoms with Gasteiger partial charge < -0.3 is 14.5 Å². The Morgan fingerprint density at radius 3 is 2.91 bits per heavy atom. The fraction of sp³-hybridized carbons (Fsp3) is 0.500. The zero-order valence-electron chi connectivity index (χ0n) is 13.4. The summed E-state index contributed by atoms with van der Waals surface area (Å²) in [5, 5.41) is 1.18. The van der Waals surface area contributed by atoms with Crippen molar-refractivity contribution in [2.45, 2.75) is 51.7 Å². The molecule has 3 rings (SSSR count). The molecule has 4 nitrogen and oxygen atoms in total. The van der Waals surface area contributed by atoms with Crippen molar-refractivity contribution in [2.24, 2.45) is 0 Å². The number of esters is 1. The summed E-state index contributed by atoms with van der Waals surface area (Å²) >= 11 is 0. The molecule has 1 aromatic carbocycles. The standard InChI is InChI=1S/C18H23NO3/c1-4-10-18(17(20)21-5-2)16-14(11-12(3)22-18)13-8-6-7-9-15(13)19-16/h6-9,12,19H,4-5,10-11H2,1-3H3. The number of carbonyl (C=O) groups is 1. The van der Waals surface area contributed by atoms with Crippen molar-refractivity contribution in [3.8, 4) is 0 Å². The fourth-order valence-electron chi connectivity index (χ4n) is 3.52. The summed E-state index contributed by atoms with van der Waals surface area (Å²) in [6.45, 7) is 6.27. The molecule has 2 aromatic rings. The van der Waals surface area contributed by atoms with E-state index in [0.717, 1.165) is 24.1 Å². The van der Waals surface area contributed by atoms with Gasteiger partial charge in [0, 0.05) is 17.3 Å². The number of ether oxygens (including phenoxy) is 2. The number of rotatable bonds is 4. The van der Waals surface area contributed by atoms with Gasteiger partial charge in [-0.3, -0.25) is 0 Å². The van der Waals surface area contributed by atoms with E-state index in [2.05, 4.69) is 18.0 Å². The topological polar surface area (TPSA) is 51.3 Å². The third kappa shape index (κ3) is 2.22. The van der Waals surface area contributed by atoms with Crippen LogP contribution < -0.4 is 0 Å². The van der Waals surface area contributed by atoms with E-state index < -0.39 is 5.60 Å². The van der Waals surface area contributed by atoms with Gasteiger partial charge in [-0.1, -0.05) is 31.5 Å². The molecule has 4 heteroatoms. The number of hydrogen-bond acceptors (Lipinski definition) is 3. The molecule has 118 valence electrons. The maximum absolute atomic E-state index is 12.7. The van der Waals surface area contributed by atoms with Crippen molar-refractivity contribution in [3.63, 3.8) is 0 Å². The van der Waals surface area contributed by atoms with Gasteiger partial charge in [0.2, 0.25) is 5.60 Å². The van der Waals surface area contributed by atoms with Crippen molar-refractivity contribution >= 4 is 16.9 Å². The van der Waals surface area contributed by atoms with Crippen LogP contribution in [-0.2, 0) is 26.3 Å². The zero-order chi connectivity index (χ0) is 15.7. The summed E-state index contributed by atoms with van der Waals surface area (Å²) < 4.78 is 11.5. The van der Waals surface area contributed by atoms with Crippen LogP contribution in [0.15, 0.2) is 24.3 Å². The van der Waals surface area contributed by atoms with Crippen molar-refractivity contribution in [1.29, 1.82) is 0 Å². The maximum Gasteiger partial charge on any atom is 0.344 e. The number of benzene rings is 1. The third-order valence-corrected chi connectivity index (χ3v) is 4.32. The van der Waals surface area contributed by atoms with Crippen molar-refractivity contribution in [2.75, 3.05) is 6.61 Å². The lowest BCUT2D eigenvalue weighted by Gasteiger charge is -2.38. The summed E-state index contributed by atoms with van der Waals surface area (Å²) in [6, 6.07) is 8.17. The number of hydrogen-bond donors (Lipinski definition) is 1. The predicted molar refractivity (Wildman–Crippen MR) is 85.8 cm³/mol. The molecule has 0 saturated carbocycles. The normalized spacial score (nSPS) is 24.2. The van der Waals surface area contributed by atoms with Crippen LogP contribution in [0.4, 0.5) is 0 Å². The Kier molecular flexibility index (Phi) is 3.96. The van der Waals surface area contributed by atoms with Gasteiger partial charge in [-0.2, -0.15) is 0 Å². The van der Waals surface area contributed by atoms with E-state index in [1.165, 1.54) is 10.9 Å². The van der Waals surface area contributed by atoms with Gasteiger partial charge in [0.15, 0.2) is 0 Å². The van der Waals surface area contributed by atoms with Crippen LogP contribution >= 0.6 is 0 Å². The molecule has 0 aliphatic carbocycles. The highest BCUT2D eigenvalue weighted by molar-refractivity contribution is 5.90. The molecule has 2 unspecified atom stereocenters. The molecule has 0 amide bonds. The first-order valence-electron chi connectivity index (χ1n) is 8.07. The first-order valence-corrected chi connectivity index (χ1v) is 8.07. The van der Waals surface area contributed by atoms with Crippen LogP contribution in [0.25, 0.3) is 10.9 Å². The average Bonchev–Trinajstić information content (AvgIpc) is 2.87. The van der Waals surface area contributed by atoms with Gasteiger partial charge in [-0.25, -0.2) is 4.79 Å². The van der Waals surface area contributed by atoms with Gasteiger partial charge in [0.1, 0.15) is 0 Å². The molecular formula is C18H23NO3. The highest BCUT2D eigenvalue weighted by Gasteiger charge is 2.49. The zero-order valence-corrected chi connectivity index (χ0v) is 13.4. The minimum absolute atomic E-state index is 0.0114. The van der Waals surface area contributed by atoms with E-state index in [1.54, 1.807) is 0 Å². The summed E-state index contributed by atoms with van der Waals surface area (Å²) in [6.07, 6.45) is 2.27. The van der Waals surface area contributed by atoms with Crippen molar-refractivity contribution < 1.29 is 14.3 Å². The quantitative estimate of drug-likeness (QED) is 0.876. The van der Waals surface area contributed by atoms with Crippen molar-refractivity contribution in [3.05, 3.63) is 35.5 Å². The Morgan fingerprint density at radius 2 is 2.18 bits per heavy atom. The SMILES string of the molecule is CCCC1(C(=O)OCC)OC(C)Cc2c1[nH]c1ccccc21. The molecule has 0 radical (unpaired) electrons. The van der Waals surface area contributed by atoms with Crippen LogP contribution in [0.3, 0.4) is 0 Å². The van der Waals surface area contributed by atoms with Crippen LogP contribution in [0.2, 0.25) is 0 Å². The van der Waals surface area contributed by atoms with E-state index in [9.17, 15) is 4.79 Å². The van der Waals surface area contributed by atoms with Gasteiger partial charge in [0.25, 0.3) is 0 Å². The van der Waals surface area contributed by atoms with Crippen LogP contribution in [0, 0.1) is 0 Å². The number of H-pyrrole nitrogens is 1. The minimum Gasteiger partial charge on any atom is -0.464 e. The highest BCUT2D eigenvalue weighted by atomic mass is 16.6. The Bertz CT molecular complexity index is 691. The Hall–Kier alpha value is -1.81. The molecule has 0 fully saturated rings. The Balaban J connectivity index is 2.21. The first-order chi connectivity index (χ1) is 10.6. The van der Waals surface area contributed by atoms with E-state index >= 15 is 0 Å². The second-order valence-corrected chi connectivity index (χ2v) is 5.95. The largest absolute Gasteiger partial charge is 0.464 e. The molecule has 1 aliphatic rings. The third-order valence-electron chi connectivity index (χ3n) is 4.32. The van der Waals surface area contributed by atoms with E-state index in [-0.39, 0.29) is 12.1 Å². The summed E-state index contributed by atoms with van der Waals surface area (Å²) in [5.41, 5.74) is 2.12. The smallest absolute Gasteiger partial charge is 0.344 e. The molecular weight excluding hydrogens is 278 g/mol. The average molecular weight is 301 g/mol. The molecule has 2 atom stereocenters. The number of para-hydroxylation sites is 1. The Labute approximate surface area is 130 Å². The van der Waals surface area contributed by atoms with Crippen LogP contribution in [0.1, 0.15) is 44.9 Å². The van der Waals surface area contributed by atoms with E-state index in [4.69, 9.17) is 9.47 Å². The molecule has 1 aromatic heterocycles. The van der Waals surface area contributed by atoms with Gasteiger partial charge >= 0.3 is 5.97 Å². The number of nitrogens with one attached hydrogen (secondary N) is 1. The van der Waals surface area contributed by atoms with Gasteiger partial charge in [-0.05, 0) is 31.9 Å². The minimum atomic E-state index is -1.00. The lowest BCUT2D eigenvalue weighted by molar-refractivity contribution is -0.186. The summed E-state index contributed by atoms with van der Waals surface area (Å²) in [5.74, 6) is -0.281. The highest BCUT2D eigenvalue weighted by Crippen LogP contribution is 2.42. The van der Waals surface area contributed by atoms with Crippen molar-refractivity contribution in [1.82, 2.24) is 4.98 Å². The number of carbonyl (C=O) groups excluding carboxylic acids is 1. The van der Waals surface area contributed by atoms with Gasteiger partial charge in [0.05, 0.1) is 18.4 Å². The second-order valence-electron chi connectivity index (χ2n) is 5.95. The first kappa shape index (κ1) is 15.1. The van der Waals surface area contributed by atoms with Crippen LogP contribution in [0.5, 0.6) is 0 Å². The number of aromatic amines is 1. The Morgan fingerprint density at radius 1 is 1.41 bits per heavy atom. The molecule has 1 aliphatic heterocycles. The molecule has 22 heavy (non-hydrogen) atoms. The monoisotopic (exact) mass is 301 g/mol. The number of aromatic nitrogens is 1. The molecule has 2 heterocycles. The second kappa shape index (κ2) is 5.76. The molecule has 0 spiro atoms. The molecule has 0 saturated heterocycles. The van der Waals surface area contributed by atoms with Gasteiger partial charge in [-0.15, -0.1) is 0 Å². The fourth-order valence-corrected chi connectivity index (χ4v) is 3.52. The lowest BCUT2D eigenvalue weighted by atomic mass is 9.85. The number of fused-ring (bicyclic) bond motifs is 3. The molecule has 0 bridgehead atoms. The van der Waals surface area contributed by atoms with Crippen LogP contribution in [-0.4, -0.2) is 23.7 Å².